The molecule has 2 N–H and O–H groups in total. The average molecular weight is 303 g/mol. The Morgan fingerprint density at radius 3 is 2.86 bits per heavy atom. The zero-order valence-electron chi connectivity index (χ0n) is 11.8. The van der Waals surface area contributed by atoms with Gasteiger partial charge in [-0.15, -0.1) is 0 Å². The van der Waals surface area contributed by atoms with Crippen LogP contribution in [0.2, 0.25) is 0 Å². The van der Waals surface area contributed by atoms with Gasteiger partial charge in [0.1, 0.15) is 23.2 Å². The predicted molar refractivity (Wildman–Crippen MR) is 74.8 cm³/mol. The zero-order chi connectivity index (χ0) is 15.7. The highest BCUT2D eigenvalue weighted by Gasteiger charge is 2.28. The number of hydrogen-bond acceptors (Lipinski definition) is 7. The van der Waals surface area contributed by atoms with E-state index in [0.717, 1.165) is 0 Å². The Morgan fingerprint density at radius 2 is 2.18 bits per heavy atom. The third kappa shape index (κ3) is 2.22. The molecule has 114 valence electrons. The number of tetrazole rings is 1. The molecule has 0 aliphatic carbocycles. The molecule has 0 saturated heterocycles. The minimum Gasteiger partial charge on any atom is -0.497 e. The van der Waals surface area contributed by atoms with Crippen LogP contribution in [0.15, 0.2) is 30.0 Å². The normalized spacial score (nSPS) is 16.3. The molecule has 9 heteroatoms. The Balaban J connectivity index is 2.16. The van der Waals surface area contributed by atoms with E-state index < -0.39 is 12.0 Å². The van der Waals surface area contributed by atoms with Gasteiger partial charge in [-0.3, -0.25) is 0 Å². The van der Waals surface area contributed by atoms with Gasteiger partial charge < -0.3 is 19.9 Å². The molecular weight excluding hydrogens is 290 g/mol. The van der Waals surface area contributed by atoms with Gasteiger partial charge in [0.15, 0.2) is 0 Å². The molecule has 1 aliphatic rings. The summed E-state index contributed by atoms with van der Waals surface area (Å²) in [6, 6.07) is 4.73. The van der Waals surface area contributed by atoms with E-state index in [1.54, 1.807) is 25.3 Å². The molecule has 0 fully saturated rings. The van der Waals surface area contributed by atoms with Crippen molar-refractivity contribution in [2.24, 2.45) is 0 Å². The van der Waals surface area contributed by atoms with Crippen molar-refractivity contribution in [3.8, 4) is 11.5 Å². The molecule has 2 aromatic rings. The zero-order valence-corrected chi connectivity index (χ0v) is 11.8. The fourth-order valence-corrected chi connectivity index (χ4v) is 2.27. The Labute approximate surface area is 125 Å². The first-order chi connectivity index (χ1) is 10.6. The van der Waals surface area contributed by atoms with Gasteiger partial charge in [0.25, 0.3) is 0 Å². The summed E-state index contributed by atoms with van der Waals surface area (Å²) in [5, 5.41) is 23.1. The highest BCUT2D eigenvalue weighted by molar-refractivity contribution is 5.90. The number of nitrogens with zero attached hydrogens (tertiary/aromatic N) is 4. The number of fused-ring (bicyclic) bond motifs is 1. The van der Waals surface area contributed by atoms with Crippen LogP contribution < -0.4 is 14.8 Å². The summed E-state index contributed by atoms with van der Waals surface area (Å²) in [5.74, 6) is 0.347. The second kappa shape index (κ2) is 5.35. The molecule has 0 amide bonds. The van der Waals surface area contributed by atoms with Gasteiger partial charge in [-0.05, 0) is 34.7 Å². The van der Waals surface area contributed by atoms with E-state index in [1.807, 2.05) is 0 Å². The van der Waals surface area contributed by atoms with Gasteiger partial charge in [-0.1, -0.05) is 5.10 Å². The fourth-order valence-electron chi connectivity index (χ4n) is 2.27. The van der Waals surface area contributed by atoms with Crippen molar-refractivity contribution < 1.29 is 19.4 Å². The number of carboxylic acids is 1. The fraction of sp³-hybridized carbons (Fsp3) is 0.231. The number of methoxy groups -OCH3 is 2. The molecule has 22 heavy (non-hydrogen) atoms. The average Bonchev–Trinajstić information content (AvgIpc) is 3.01. The van der Waals surface area contributed by atoms with E-state index in [-0.39, 0.29) is 11.6 Å². The lowest BCUT2D eigenvalue weighted by molar-refractivity contribution is -0.132. The molecule has 1 aromatic heterocycles. The molecule has 1 unspecified atom stereocenters. The lowest BCUT2D eigenvalue weighted by Gasteiger charge is -2.23. The first kappa shape index (κ1) is 13.9. The number of aromatic nitrogens is 4. The van der Waals surface area contributed by atoms with Gasteiger partial charge in [0.2, 0.25) is 5.95 Å². The van der Waals surface area contributed by atoms with Crippen LogP contribution in [0.4, 0.5) is 5.95 Å². The standard InChI is InChI=1S/C13H13N5O4/c1-21-7-3-4-11(22-2)8(5-7)10-6-9(12(19)20)14-13-15-16-17-18(10)13/h3-6,10H,1-2H3,(H,19,20)(H,14,15,17). The van der Waals surface area contributed by atoms with E-state index in [0.29, 0.717) is 17.1 Å². The second-order valence-electron chi connectivity index (χ2n) is 4.51. The molecule has 0 saturated carbocycles. The highest BCUT2D eigenvalue weighted by Crippen LogP contribution is 2.35. The molecule has 0 bridgehead atoms. The van der Waals surface area contributed by atoms with Gasteiger partial charge >= 0.3 is 5.97 Å². The number of allylic oxidation sites excluding steroid dienone is 1. The van der Waals surface area contributed by atoms with Crippen molar-refractivity contribution in [2.45, 2.75) is 6.04 Å². The summed E-state index contributed by atoms with van der Waals surface area (Å²) in [4.78, 5) is 11.3. The van der Waals surface area contributed by atoms with E-state index in [1.165, 1.54) is 17.9 Å². The molecule has 1 atom stereocenters. The monoisotopic (exact) mass is 303 g/mol. The van der Waals surface area contributed by atoms with Crippen LogP contribution in [0.5, 0.6) is 11.5 Å². The number of aliphatic carboxylic acids is 1. The minimum absolute atomic E-state index is 0.00262. The Morgan fingerprint density at radius 1 is 1.36 bits per heavy atom. The van der Waals surface area contributed by atoms with E-state index in [9.17, 15) is 9.90 Å². The summed E-state index contributed by atoms with van der Waals surface area (Å²) in [7, 11) is 3.09. The quantitative estimate of drug-likeness (QED) is 0.848. The number of nitrogens with one attached hydrogen (secondary N) is 1. The van der Waals surface area contributed by atoms with E-state index in [4.69, 9.17) is 9.47 Å². The third-order valence-electron chi connectivity index (χ3n) is 3.31. The summed E-state index contributed by atoms with van der Waals surface area (Å²) in [6.45, 7) is 0. The molecule has 9 nitrogen and oxygen atoms in total. The SMILES string of the molecule is COc1ccc(OC)c(C2C=C(C(=O)O)Nc3nnnn32)c1. The van der Waals surface area contributed by atoms with Crippen molar-refractivity contribution in [3.05, 3.63) is 35.5 Å². The van der Waals surface area contributed by atoms with Crippen LogP contribution in [0.25, 0.3) is 0 Å². The van der Waals surface area contributed by atoms with Gasteiger partial charge in [-0.2, -0.15) is 4.68 Å². The first-order valence-corrected chi connectivity index (χ1v) is 6.36. The maximum absolute atomic E-state index is 11.3. The number of anilines is 1. The summed E-state index contributed by atoms with van der Waals surface area (Å²) in [6.07, 6.45) is 1.52. The molecule has 3 rings (SSSR count). The van der Waals surface area contributed by atoms with Crippen LogP contribution in [0.1, 0.15) is 11.6 Å². The Hall–Kier alpha value is -3.10. The van der Waals surface area contributed by atoms with Gasteiger partial charge in [0.05, 0.1) is 14.2 Å². The van der Waals surface area contributed by atoms with Crippen LogP contribution in [-0.4, -0.2) is 45.5 Å². The number of carbonyl (C=O) groups is 1. The Kier molecular flexibility index (Phi) is 3.37. The smallest absolute Gasteiger partial charge is 0.352 e. The lowest BCUT2D eigenvalue weighted by Crippen LogP contribution is -2.24. The van der Waals surface area contributed by atoms with E-state index >= 15 is 0 Å². The van der Waals surface area contributed by atoms with Crippen LogP contribution in [0.3, 0.4) is 0 Å². The number of ether oxygens (including phenoxy) is 2. The molecular formula is C13H13N5O4. The maximum atomic E-state index is 11.3. The number of carboxylic acid groups (broad SMARTS) is 1. The van der Waals surface area contributed by atoms with Crippen LogP contribution >= 0.6 is 0 Å². The van der Waals surface area contributed by atoms with Crippen molar-refractivity contribution in [1.82, 2.24) is 20.2 Å². The van der Waals surface area contributed by atoms with Crippen molar-refractivity contribution in [1.29, 1.82) is 0 Å². The van der Waals surface area contributed by atoms with Crippen LogP contribution in [0, 0.1) is 0 Å². The summed E-state index contributed by atoms with van der Waals surface area (Å²) >= 11 is 0. The lowest BCUT2D eigenvalue weighted by atomic mass is 10.0. The van der Waals surface area contributed by atoms with Crippen LogP contribution in [-0.2, 0) is 4.79 Å². The number of hydrogen-bond donors (Lipinski definition) is 2. The number of benzene rings is 1. The molecule has 0 spiro atoms. The summed E-state index contributed by atoms with van der Waals surface area (Å²) < 4.78 is 12.0. The maximum Gasteiger partial charge on any atom is 0.352 e. The largest absolute Gasteiger partial charge is 0.497 e. The summed E-state index contributed by atoms with van der Waals surface area (Å²) in [5.41, 5.74) is 0.688. The topological polar surface area (TPSA) is 111 Å². The van der Waals surface area contributed by atoms with Crippen molar-refractivity contribution in [2.75, 3.05) is 19.5 Å². The molecule has 2 heterocycles. The molecule has 1 aliphatic heterocycles. The third-order valence-corrected chi connectivity index (χ3v) is 3.31. The van der Waals surface area contributed by atoms with Crippen molar-refractivity contribution in [3.63, 3.8) is 0 Å². The molecule has 0 radical (unpaired) electrons. The van der Waals surface area contributed by atoms with E-state index in [2.05, 4.69) is 20.8 Å². The minimum atomic E-state index is -1.10. The predicted octanol–water partition coefficient (Wildman–Crippen LogP) is 0.674. The van der Waals surface area contributed by atoms with Crippen molar-refractivity contribution >= 4 is 11.9 Å². The Bertz CT molecular complexity index is 755. The number of rotatable bonds is 4. The van der Waals surface area contributed by atoms with Gasteiger partial charge in [0, 0.05) is 5.56 Å². The first-order valence-electron chi connectivity index (χ1n) is 6.36. The van der Waals surface area contributed by atoms with Gasteiger partial charge in [-0.25, -0.2) is 4.79 Å². The second-order valence-corrected chi connectivity index (χ2v) is 4.51. The molecule has 1 aromatic carbocycles. The highest BCUT2D eigenvalue weighted by atomic mass is 16.5.